The van der Waals surface area contributed by atoms with Crippen LogP contribution in [0, 0.1) is 24.9 Å². The molecule has 0 radical (unpaired) electrons. The summed E-state index contributed by atoms with van der Waals surface area (Å²) in [5, 5.41) is 12.0. The van der Waals surface area contributed by atoms with E-state index in [0.717, 1.165) is 4.73 Å². The van der Waals surface area contributed by atoms with E-state index in [1.807, 2.05) is 0 Å². The number of anilines is 1. The van der Waals surface area contributed by atoms with Gasteiger partial charge in [0.2, 0.25) is 10.0 Å². The summed E-state index contributed by atoms with van der Waals surface area (Å²) in [7, 11) is -3.46. The van der Waals surface area contributed by atoms with Crippen LogP contribution >= 0.6 is 0 Å². The van der Waals surface area contributed by atoms with Gasteiger partial charge in [-0.05, 0) is 55.0 Å². The van der Waals surface area contributed by atoms with Gasteiger partial charge in [0.1, 0.15) is 17.3 Å². The summed E-state index contributed by atoms with van der Waals surface area (Å²) in [6.07, 6.45) is 0. The minimum atomic E-state index is -3.46. The highest BCUT2D eigenvalue weighted by molar-refractivity contribution is 7.92. The predicted octanol–water partition coefficient (Wildman–Crippen LogP) is 4.30. The van der Waals surface area contributed by atoms with Gasteiger partial charge in [0, 0.05) is 37.2 Å². The predicted molar refractivity (Wildman–Crippen MR) is 110 cm³/mol. The first-order chi connectivity index (χ1) is 13.7. The zero-order valence-electron chi connectivity index (χ0n) is 16.3. The van der Waals surface area contributed by atoms with Crippen LogP contribution in [0.25, 0.3) is 11.1 Å². The van der Waals surface area contributed by atoms with Crippen molar-refractivity contribution in [3.05, 3.63) is 77.0 Å². The molecular formula is C21H21FN2O4S. The number of pyridine rings is 1. The molecule has 1 heterocycles. The summed E-state index contributed by atoms with van der Waals surface area (Å²) in [5.41, 5.74) is 2.65. The molecule has 1 N–H and O–H groups in total. The van der Waals surface area contributed by atoms with Crippen molar-refractivity contribution in [3.8, 4) is 22.6 Å². The number of hydrogen-bond donors (Lipinski definition) is 1. The summed E-state index contributed by atoms with van der Waals surface area (Å²) in [4.78, 5) is 0. The molecule has 0 amide bonds. The summed E-state index contributed by atoms with van der Waals surface area (Å²) < 4.78 is 46.3. The number of aryl methyl sites for hydroxylation is 2. The largest absolute Gasteiger partial charge is 0.618 e. The van der Waals surface area contributed by atoms with Gasteiger partial charge < -0.3 is 9.94 Å². The van der Waals surface area contributed by atoms with Crippen molar-refractivity contribution in [1.82, 2.24) is 0 Å². The van der Waals surface area contributed by atoms with E-state index >= 15 is 0 Å². The molecule has 152 valence electrons. The van der Waals surface area contributed by atoms with Gasteiger partial charge in [-0.1, -0.05) is 0 Å². The molecule has 0 saturated carbocycles. The van der Waals surface area contributed by atoms with Gasteiger partial charge in [-0.15, -0.1) is 0 Å². The lowest BCUT2D eigenvalue weighted by Gasteiger charge is -2.15. The third-order valence-corrected chi connectivity index (χ3v) is 5.66. The Bertz CT molecular complexity index is 1120. The molecule has 0 aliphatic carbocycles. The molecule has 29 heavy (non-hydrogen) atoms. The van der Waals surface area contributed by atoms with Crippen molar-refractivity contribution in [2.45, 2.75) is 20.8 Å². The molecule has 1 aromatic heterocycles. The van der Waals surface area contributed by atoms with E-state index < -0.39 is 10.0 Å². The first-order valence-corrected chi connectivity index (χ1v) is 10.6. The molecule has 3 rings (SSSR count). The molecule has 6 nitrogen and oxygen atoms in total. The van der Waals surface area contributed by atoms with Crippen LogP contribution < -0.4 is 14.2 Å². The number of halogens is 1. The highest BCUT2D eigenvalue weighted by Gasteiger charge is 2.16. The average Bonchev–Trinajstić information content (AvgIpc) is 2.68. The van der Waals surface area contributed by atoms with E-state index in [0.29, 0.717) is 39.7 Å². The molecule has 0 aliphatic rings. The van der Waals surface area contributed by atoms with Gasteiger partial charge in [-0.25, -0.2) is 12.8 Å². The second kappa shape index (κ2) is 8.08. The SMILES string of the molecule is CCS(=O)(=O)Nc1ccc(Oc2ccc(F)cc2)c(-c2cc(C)[n+]([O-])c(C)c2)c1. The van der Waals surface area contributed by atoms with Crippen LogP contribution in [-0.2, 0) is 10.0 Å². The first kappa shape index (κ1) is 20.6. The second-order valence-corrected chi connectivity index (χ2v) is 8.60. The smallest absolute Gasteiger partial charge is 0.232 e. The van der Waals surface area contributed by atoms with Gasteiger partial charge in [0.25, 0.3) is 0 Å². The first-order valence-electron chi connectivity index (χ1n) is 8.97. The van der Waals surface area contributed by atoms with E-state index in [1.165, 1.54) is 24.3 Å². The van der Waals surface area contributed by atoms with Crippen LogP contribution in [0.3, 0.4) is 0 Å². The maximum absolute atomic E-state index is 13.2. The van der Waals surface area contributed by atoms with Crippen LogP contribution in [-0.4, -0.2) is 14.2 Å². The van der Waals surface area contributed by atoms with Gasteiger partial charge >= 0.3 is 0 Å². The van der Waals surface area contributed by atoms with Crippen molar-refractivity contribution in [3.63, 3.8) is 0 Å². The quantitative estimate of drug-likeness (QED) is 0.480. The topological polar surface area (TPSA) is 82.3 Å². The third kappa shape index (κ3) is 4.83. The van der Waals surface area contributed by atoms with E-state index in [9.17, 15) is 18.0 Å². The number of hydrogen-bond acceptors (Lipinski definition) is 4. The molecule has 3 aromatic rings. The molecule has 8 heteroatoms. The van der Waals surface area contributed by atoms with Crippen LogP contribution in [0.4, 0.5) is 10.1 Å². The molecule has 0 aliphatic heterocycles. The number of aromatic nitrogens is 1. The monoisotopic (exact) mass is 416 g/mol. The van der Waals surface area contributed by atoms with Gasteiger partial charge in [-0.2, -0.15) is 4.73 Å². The maximum Gasteiger partial charge on any atom is 0.232 e. The number of rotatable bonds is 6. The number of benzene rings is 2. The average molecular weight is 416 g/mol. The minimum Gasteiger partial charge on any atom is -0.618 e. The Morgan fingerprint density at radius 1 is 1.03 bits per heavy atom. The molecule has 0 unspecified atom stereocenters. The molecule has 0 fully saturated rings. The van der Waals surface area contributed by atoms with Crippen molar-refractivity contribution < 1.29 is 22.3 Å². The highest BCUT2D eigenvalue weighted by atomic mass is 32.2. The van der Waals surface area contributed by atoms with Crippen LogP contribution in [0.1, 0.15) is 18.3 Å². The number of nitrogens with one attached hydrogen (secondary N) is 1. The Kier molecular flexibility index (Phi) is 5.74. The number of ether oxygens (including phenoxy) is 1. The normalized spacial score (nSPS) is 11.3. The molecule has 0 atom stereocenters. The molecule has 0 saturated heterocycles. The van der Waals surface area contributed by atoms with Crippen molar-refractivity contribution in [2.24, 2.45) is 0 Å². The number of sulfonamides is 1. The van der Waals surface area contributed by atoms with Crippen molar-refractivity contribution >= 4 is 15.7 Å². The lowest BCUT2D eigenvalue weighted by molar-refractivity contribution is -0.619. The fraction of sp³-hybridized carbons (Fsp3) is 0.190. The summed E-state index contributed by atoms with van der Waals surface area (Å²) in [6.45, 7) is 4.92. The summed E-state index contributed by atoms with van der Waals surface area (Å²) >= 11 is 0. The summed E-state index contributed by atoms with van der Waals surface area (Å²) in [6, 6.07) is 13.8. The Balaban J connectivity index is 2.11. The fourth-order valence-corrected chi connectivity index (χ4v) is 3.46. The Hall–Kier alpha value is -3.13. The zero-order chi connectivity index (χ0) is 21.2. The summed E-state index contributed by atoms with van der Waals surface area (Å²) in [5.74, 6) is 0.433. The lowest BCUT2D eigenvalue weighted by Crippen LogP contribution is -2.33. The molecule has 0 spiro atoms. The van der Waals surface area contributed by atoms with Gasteiger partial charge in [0.05, 0.1) is 5.75 Å². The van der Waals surface area contributed by atoms with E-state index in [1.54, 1.807) is 51.1 Å². The van der Waals surface area contributed by atoms with Crippen LogP contribution in [0.15, 0.2) is 54.6 Å². The minimum absolute atomic E-state index is 0.0596. The van der Waals surface area contributed by atoms with Crippen molar-refractivity contribution in [2.75, 3.05) is 10.5 Å². The fourth-order valence-electron chi connectivity index (χ4n) is 2.83. The number of nitrogens with zero attached hydrogens (tertiary/aromatic N) is 1. The molecule has 0 bridgehead atoms. The van der Waals surface area contributed by atoms with E-state index in [4.69, 9.17) is 4.74 Å². The zero-order valence-corrected chi connectivity index (χ0v) is 17.1. The Morgan fingerprint density at radius 3 is 2.24 bits per heavy atom. The lowest BCUT2D eigenvalue weighted by atomic mass is 10.0. The highest BCUT2D eigenvalue weighted by Crippen LogP contribution is 2.36. The Labute approximate surface area is 169 Å². The van der Waals surface area contributed by atoms with Gasteiger partial charge in [0.15, 0.2) is 11.4 Å². The van der Waals surface area contributed by atoms with E-state index in [2.05, 4.69) is 4.72 Å². The van der Waals surface area contributed by atoms with E-state index in [-0.39, 0.29) is 11.6 Å². The van der Waals surface area contributed by atoms with Crippen LogP contribution in [0.2, 0.25) is 0 Å². The molecular weight excluding hydrogens is 395 g/mol. The standard InChI is InChI=1S/C21H21FN2O4S/c1-4-29(26,27)23-18-7-10-21(28-19-8-5-17(22)6-9-19)20(13-18)16-11-14(2)24(25)15(3)12-16/h5-13,23H,4H2,1-3H3. The third-order valence-electron chi connectivity index (χ3n) is 4.35. The molecule has 2 aromatic carbocycles. The second-order valence-electron chi connectivity index (χ2n) is 6.59. The van der Waals surface area contributed by atoms with Crippen LogP contribution in [0.5, 0.6) is 11.5 Å². The Morgan fingerprint density at radius 2 is 1.66 bits per heavy atom. The van der Waals surface area contributed by atoms with Crippen molar-refractivity contribution in [1.29, 1.82) is 0 Å². The maximum atomic E-state index is 13.2. The van der Waals surface area contributed by atoms with Gasteiger partial charge in [-0.3, -0.25) is 4.72 Å².